The molecule has 0 unspecified atom stereocenters. The van der Waals surface area contributed by atoms with Crippen molar-refractivity contribution >= 4 is 6.08 Å². The maximum atomic E-state index is 5.81. The first-order valence-corrected chi connectivity index (χ1v) is 5.06. The summed E-state index contributed by atoms with van der Waals surface area (Å²) in [7, 11) is 0. The van der Waals surface area contributed by atoms with Crippen LogP contribution < -0.4 is 5.73 Å². The summed E-state index contributed by atoms with van der Waals surface area (Å²) < 4.78 is 0. The van der Waals surface area contributed by atoms with Crippen molar-refractivity contribution < 1.29 is 0 Å². The van der Waals surface area contributed by atoms with Crippen LogP contribution in [0, 0.1) is 0 Å². The second-order valence-corrected chi connectivity index (χ2v) is 5.06. The van der Waals surface area contributed by atoms with E-state index in [1.54, 1.807) is 0 Å². The molecule has 0 radical (unpaired) electrons. The third-order valence-electron chi connectivity index (χ3n) is 2.74. The highest BCUT2D eigenvalue weighted by Crippen LogP contribution is 2.29. The maximum absolute atomic E-state index is 5.81. The molecule has 1 nitrogen and oxygen atoms in total. The molecule has 0 aromatic heterocycles. The summed E-state index contributed by atoms with van der Waals surface area (Å²) in [4.78, 5) is 0. The van der Waals surface area contributed by atoms with Gasteiger partial charge < -0.3 is 5.73 Å². The Balaban J connectivity index is 2.42. The van der Waals surface area contributed by atoms with Crippen LogP contribution in [0.1, 0.15) is 37.5 Å². The Morgan fingerprint density at radius 1 is 1.21 bits per heavy atom. The molecule has 2 rings (SSSR count). The quantitative estimate of drug-likeness (QED) is 0.664. The van der Waals surface area contributed by atoms with Gasteiger partial charge in [-0.05, 0) is 28.2 Å². The fraction of sp³-hybridized carbons (Fsp3) is 0.385. The molecule has 1 aromatic carbocycles. The van der Waals surface area contributed by atoms with E-state index in [4.69, 9.17) is 5.73 Å². The van der Waals surface area contributed by atoms with E-state index >= 15 is 0 Å². The van der Waals surface area contributed by atoms with Crippen LogP contribution in [0.5, 0.6) is 0 Å². The van der Waals surface area contributed by atoms with Gasteiger partial charge in [0.05, 0.1) is 0 Å². The predicted octanol–water partition coefficient (Wildman–Crippen LogP) is 2.84. The molecule has 14 heavy (non-hydrogen) atoms. The number of fused-ring (bicyclic) bond motifs is 1. The Labute approximate surface area is 85.6 Å². The van der Waals surface area contributed by atoms with Gasteiger partial charge in [-0.1, -0.05) is 39.0 Å². The van der Waals surface area contributed by atoms with E-state index in [2.05, 4.69) is 45.0 Å². The highest BCUT2D eigenvalue weighted by Gasteiger charge is 2.17. The van der Waals surface area contributed by atoms with Crippen LogP contribution in [0.4, 0.5) is 0 Å². The molecule has 0 saturated carbocycles. The molecular formula is C13H17N. The Kier molecular flexibility index (Phi) is 1.91. The van der Waals surface area contributed by atoms with Crippen molar-refractivity contribution in [2.45, 2.75) is 32.6 Å². The van der Waals surface area contributed by atoms with Gasteiger partial charge in [0.15, 0.2) is 0 Å². The van der Waals surface area contributed by atoms with Gasteiger partial charge in [-0.2, -0.15) is 0 Å². The van der Waals surface area contributed by atoms with Crippen LogP contribution in [0.15, 0.2) is 23.9 Å². The molecule has 0 heterocycles. The number of nitrogens with two attached hydrogens (primary N) is 1. The second-order valence-electron chi connectivity index (χ2n) is 5.06. The SMILES string of the molecule is CC(C)(C)c1ccc2c(c1)CC(N)=C2. The highest BCUT2D eigenvalue weighted by molar-refractivity contribution is 5.63. The highest BCUT2D eigenvalue weighted by atomic mass is 14.6. The minimum Gasteiger partial charge on any atom is -0.402 e. The Morgan fingerprint density at radius 3 is 2.57 bits per heavy atom. The third kappa shape index (κ3) is 1.54. The van der Waals surface area contributed by atoms with Crippen LogP contribution in [0.25, 0.3) is 6.08 Å². The van der Waals surface area contributed by atoms with Crippen LogP contribution in [0.3, 0.4) is 0 Å². The van der Waals surface area contributed by atoms with Gasteiger partial charge >= 0.3 is 0 Å². The zero-order chi connectivity index (χ0) is 10.3. The summed E-state index contributed by atoms with van der Waals surface area (Å²) in [5.41, 5.74) is 11.1. The van der Waals surface area contributed by atoms with Crippen LogP contribution in [0.2, 0.25) is 0 Å². The lowest BCUT2D eigenvalue weighted by atomic mass is 9.85. The first-order valence-electron chi connectivity index (χ1n) is 5.06. The number of hydrogen-bond acceptors (Lipinski definition) is 1. The first-order chi connectivity index (χ1) is 6.47. The summed E-state index contributed by atoms with van der Waals surface area (Å²) in [5.74, 6) is 0. The third-order valence-corrected chi connectivity index (χ3v) is 2.74. The fourth-order valence-electron chi connectivity index (χ4n) is 1.84. The summed E-state index contributed by atoms with van der Waals surface area (Å²) in [6.45, 7) is 6.71. The zero-order valence-electron chi connectivity index (χ0n) is 9.09. The minimum atomic E-state index is 0.229. The molecule has 1 aromatic rings. The molecule has 0 spiro atoms. The van der Waals surface area contributed by atoms with E-state index in [1.165, 1.54) is 16.7 Å². The zero-order valence-corrected chi connectivity index (χ0v) is 9.09. The Morgan fingerprint density at radius 2 is 1.93 bits per heavy atom. The number of rotatable bonds is 0. The molecule has 0 bridgehead atoms. The lowest BCUT2D eigenvalue weighted by Crippen LogP contribution is -2.11. The maximum Gasteiger partial charge on any atom is 0.0131 e. The molecule has 0 fully saturated rings. The minimum absolute atomic E-state index is 0.229. The van der Waals surface area contributed by atoms with Gasteiger partial charge in [-0.25, -0.2) is 0 Å². The fourth-order valence-corrected chi connectivity index (χ4v) is 1.84. The van der Waals surface area contributed by atoms with Crippen LogP contribution in [-0.2, 0) is 11.8 Å². The largest absolute Gasteiger partial charge is 0.402 e. The molecule has 0 aliphatic heterocycles. The van der Waals surface area contributed by atoms with E-state index in [-0.39, 0.29) is 5.41 Å². The second kappa shape index (κ2) is 2.88. The smallest absolute Gasteiger partial charge is 0.0131 e. The average Bonchev–Trinajstić information content (AvgIpc) is 2.41. The summed E-state index contributed by atoms with van der Waals surface area (Å²) >= 11 is 0. The van der Waals surface area contributed by atoms with Gasteiger partial charge in [-0.15, -0.1) is 0 Å². The van der Waals surface area contributed by atoms with Gasteiger partial charge in [-0.3, -0.25) is 0 Å². The van der Waals surface area contributed by atoms with Crippen molar-refractivity contribution in [1.82, 2.24) is 0 Å². The molecule has 1 aliphatic rings. The Bertz CT molecular complexity index is 394. The summed E-state index contributed by atoms with van der Waals surface area (Å²) in [5, 5.41) is 0. The lowest BCUT2D eigenvalue weighted by Gasteiger charge is -2.19. The first kappa shape index (κ1) is 9.32. The molecule has 0 saturated heterocycles. The standard InChI is InChI=1S/C13H17N/c1-13(2,3)11-5-4-9-7-12(14)8-10(9)6-11/h4-7H,8,14H2,1-3H3. The van der Waals surface area contributed by atoms with Crippen LogP contribution >= 0.6 is 0 Å². The van der Waals surface area contributed by atoms with Crippen molar-refractivity contribution in [3.05, 3.63) is 40.6 Å². The van der Waals surface area contributed by atoms with Gasteiger partial charge in [0.1, 0.15) is 0 Å². The van der Waals surface area contributed by atoms with E-state index in [9.17, 15) is 0 Å². The lowest BCUT2D eigenvalue weighted by molar-refractivity contribution is 0.589. The van der Waals surface area contributed by atoms with Crippen molar-refractivity contribution in [2.24, 2.45) is 5.73 Å². The van der Waals surface area contributed by atoms with E-state index in [1.807, 2.05) is 0 Å². The topological polar surface area (TPSA) is 26.0 Å². The monoisotopic (exact) mass is 187 g/mol. The van der Waals surface area contributed by atoms with E-state index in [0.717, 1.165) is 12.1 Å². The van der Waals surface area contributed by atoms with Crippen molar-refractivity contribution in [2.75, 3.05) is 0 Å². The number of hydrogen-bond donors (Lipinski definition) is 1. The number of allylic oxidation sites excluding steroid dienone is 1. The molecule has 1 heteroatoms. The molecule has 2 N–H and O–H groups in total. The Hall–Kier alpha value is -1.24. The molecule has 0 amide bonds. The van der Waals surface area contributed by atoms with Gasteiger partial charge in [0.2, 0.25) is 0 Å². The van der Waals surface area contributed by atoms with Crippen molar-refractivity contribution in [1.29, 1.82) is 0 Å². The van der Waals surface area contributed by atoms with Crippen molar-refractivity contribution in [3.8, 4) is 0 Å². The average molecular weight is 187 g/mol. The molecule has 0 atom stereocenters. The van der Waals surface area contributed by atoms with E-state index in [0.29, 0.717) is 0 Å². The summed E-state index contributed by atoms with van der Waals surface area (Å²) in [6.07, 6.45) is 2.99. The van der Waals surface area contributed by atoms with E-state index < -0.39 is 0 Å². The van der Waals surface area contributed by atoms with Gasteiger partial charge in [0, 0.05) is 12.1 Å². The molecule has 1 aliphatic carbocycles. The predicted molar refractivity (Wildman–Crippen MR) is 61.0 cm³/mol. The number of benzene rings is 1. The van der Waals surface area contributed by atoms with Gasteiger partial charge in [0.25, 0.3) is 0 Å². The molecular weight excluding hydrogens is 170 g/mol. The van der Waals surface area contributed by atoms with Crippen molar-refractivity contribution in [3.63, 3.8) is 0 Å². The summed E-state index contributed by atoms with van der Waals surface area (Å²) in [6, 6.07) is 6.66. The molecule has 74 valence electrons. The van der Waals surface area contributed by atoms with Crippen LogP contribution in [-0.4, -0.2) is 0 Å². The normalized spacial score (nSPS) is 15.2.